The van der Waals surface area contributed by atoms with Crippen molar-refractivity contribution < 1.29 is 13.9 Å². The van der Waals surface area contributed by atoms with Crippen LogP contribution in [0.1, 0.15) is 31.2 Å². The summed E-state index contributed by atoms with van der Waals surface area (Å²) in [7, 11) is 0. The summed E-state index contributed by atoms with van der Waals surface area (Å²) in [6, 6.07) is 8.87. The molecule has 0 N–H and O–H groups in total. The zero-order valence-electron chi connectivity index (χ0n) is 11.4. The van der Waals surface area contributed by atoms with Gasteiger partial charge in [0.1, 0.15) is 5.82 Å². The first-order valence-electron chi connectivity index (χ1n) is 7.03. The molecular weight excluding hydrogens is 257 g/mol. The lowest BCUT2D eigenvalue weighted by molar-refractivity contribution is -0.106. The molecule has 0 aromatic heterocycles. The topological polar surface area (TPSA) is 42.2 Å². The minimum Gasteiger partial charge on any atom is -0.378 e. The minimum absolute atomic E-state index is 0.242. The summed E-state index contributed by atoms with van der Waals surface area (Å²) in [5, 5.41) is 9.23. The number of rotatable bonds is 2. The highest BCUT2D eigenvalue weighted by atomic mass is 19.1. The van der Waals surface area contributed by atoms with E-state index in [0.717, 1.165) is 24.8 Å². The first-order valence-corrected chi connectivity index (χ1v) is 7.03. The lowest BCUT2D eigenvalue weighted by Crippen LogP contribution is -2.47. The average molecular weight is 275 g/mol. The van der Waals surface area contributed by atoms with Gasteiger partial charge in [0.05, 0.1) is 18.3 Å². The molecule has 0 saturated carbocycles. The van der Waals surface area contributed by atoms with Crippen LogP contribution in [0.3, 0.4) is 0 Å². The van der Waals surface area contributed by atoms with Crippen LogP contribution in [-0.2, 0) is 14.9 Å². The van der Waals surface area contributed by atoms with Crippen molar-refractivity contribution in [2.45, 2.75) is 36.7 Å². The second-order valence-corrected chi connectivity index (χ2v) is 5.88. The van der Waals surface area contributed by atoms with Crippen molar-refractivity contribution >= 4 is 0 Å². The van der Waals surface area contributed by atoms with E-state index in [1.54, 1.807) is 0 Å². The molecule has 0 bridgehead atoms. The Kier molecular flexibility index (Phi) is 3.49. The Balaban J connectivity index is 1.95. The highest BCUT2D eigenvalue weighted by molar-refractivity contribution is 5.29. The molecule has 1 aromatic carbocycles. The van der Waals surface area contributed by atoms with Gasteiger partial charge in [-0.3, -0.25) is 0 Å². The number of benzene rings is 1. The predicted octanol–water partition coefficient (Wildman–Crippen LogP) is 2.95. The van der Waals surface area contributed by atoms with E-state index in [9.17, 15) is 9.65 Å². The van der Waals surface area contributed by atoms with Crippen LogP contribution < -0.4 is 0 Å². The smallest absolute Gasteiger partial charge is 0.123 e. The molecule has 2 aliphatic heterocycles. The van der Waals surface area contributed by atoms with E-state index in [1.165, 1.54) is 12.1 Å². The number of nitrogens with zero attached hydrogens (tertiary/aromatic N) is 1. The van der Waals surface area contributed by atoms with Crippen molar-refractivity contribution in [3.63, 3.8) is 0 Å². The second kappa shape index (κ2) is 5.16. The molecule has 4 heteroatoms. The Morgan fingerprint density at radius 1 is 1.20 bits per heavy atom. The number of nitriles is 1. The van der Waals surface area contributed by atoms with Crippen LogP contribution in [0.15, 0.2) is 24.3 Å². The molecular formula is C16H18FNO2. The molecule has 106 valence electrons. The molecule has 2 aliphatic rings. The number of halogens is 1. The van der Waals surface area contributed by atoms with Crippen LogP contribution in [0.2, 0.25) is 0 Å². The van der Waals surface area contributed by atoms with Gasteiger partial charge in [-0.05, 0) is 30.5 Å². The van der Waals surface area contributed by atoms with Crippen LogP contribution in [-0.4, -0.2) is 25.4 Å². The van der Waals surface area contributed by atoms with Crippen LogP contribution in [0.4, 0.5) is 4.39 Å². The monoisotopic (exact) mass is 275 g/mol. The maximum Gasteiger partial charge on any atom is 0.123 e. The molecule has 0 aliphatic carbocycles. The first kappa shape index (κ1) is 13.5. The number of hydrogen-bond donors (Lipinski definition) is 0. The standard InChI is InChI=1S/C16H18FNO2/c17-14-3-1-13(2-4-14)15(5-8-18)6-10-20-16(11-15)7-9-19-12-16/h1-4H,5-7,9-12H2. The summed E-state index contributed by atoms with van der Waals surface area (Å²) in [4.78, 5) is 0. The molecule has 0 amide bonds. The van der Waals surface area contributed by atoms with E-state index in [2.05, 4.69) is 6.07 Å². The fraction of sp³-hybridized carbons (Fsp3) is 0.562. The molecule has 3 nitrogen and oxygen atoms in total. The third kappa shape index (κ3) is 2.32. The van der Waals surface area contributed by atoms with Gasteiger partial charge >= 0.3 is 0 Å². The van der Waals surface area contributed by atoms with E-state index >= 15 is 0 Å². The van der Waals surface area contributed by atoms with Gasteiger partial charge in [-0.1, -0.05) is 12.1 Å². The first-order chi connectivity index (χ1) is 9.68. The van der Waals surface area contributed by atoms with Crippen molar-refractivity contribution in [3.8, 4) is 6.07 Å². The quantitative estimate of drug-likeness (QED) is 0.833. The Morgan fingerprint density at radius 2 is 2.00 bits per heavy atom. The molecule has 1 spiro atoms. The Hall–Kier alpha value is -1.44. The number of hydrogen-bond acceptors (Lipinski definition) is 3. The maximum atomic E-state index is 13.1. The second-order valence-electron chi connectivity index (χ2n) is 5.88. The fourth-order valence-corrected chi connectivity index (χ4v) is 3.51. The SMILES string of the molecule is N#CCC1(c2ccc(F)cc2)CCOC2(CCOC2)C1. The molecule has 0 radical (unpaired) electrons. The van der Waals surface area contributed by atoms with Gasteiger partial charge < -0.3 is 9.47 Å². The van der Waals surface area contributed by atoms with Gasteiger partial charge in [-0.2, -0.15) is 5.26 Å². The van der Waals surface area contributed by atoms with Gasteiger partial charge in [0.15, 0.2) is 0 Å². The minimum atomic E-state index is -0.260. The highest BCUT2D eigenvalue weighted by Gasteiger charge is 2.48. The largest absolute Gasteiger partial charge is 0.378 e. The van der Waals surface area contributed by atoms with Crippen molar-refractivity contribution in [2.75, 3.05) is 19.8 Å². The summed E-state index contributed by atoms with van der Waals surface area (Å²) < 4.78 is 24.6. The Bertz CT molecular complexity index is 516. The lowest BCUT2D eigenvalue weighted by Gasteiger charge is -2.45. The van der Waals surface area contributed by atoms with Gasteiger partial charge in [-0.15, -0.1) is 0 Å². The average Bonchev–Trinajstić information content (AvgIpc) is 2.87. The highest BCUT2D eigenvalue weighted by Crippen LogP contribution is 2.46. The number of ether oxygens (including phenoxy) is 2. The van der Waals surface area contributed by atoms with Crippen LogP contribution in [0.5, 0.6) is 0 Å². The molecule has 1 aromatic rings. The van der Waals surface area contributed by atoms with Gasteiger partial charge in [-0.25, -0.2) is 4.39 Å². The summed E-state index contributed by atoms with van der Waals surface area (Å²) in [5.41, 5.74) is 0.535. The zero-order chi connectivity index (χ0) is 14.1. The van der Waals surface area contributed by atoms with E-state index in [4.69, 9.17) is 9.47 Å². The van der Waals surface area contributed by atoms with Crippen molar-refractivity contribution in [2.24, 2.45) is 0 Å². The zero-order valence-corrected chi connectivity index (χ0v) is 11.4. The van der Waals surface area contributed by atoms with Crippen LogP contribution >= 0.6 is 0 Å². The molecule has 3 rings (SSSR count). The lowest BCUT2D eigenvalue weighted by atomic mass is 9.66. The van der Waals surface area contributed by atoms with Crippen molar-refractivity contribution in [1.82, 2.24) is 0 Å². The summed E-state index contributed by atoms with van der Waals surface area (Å²) in [6.07, 6.45) is 2.89. The molecule has 2 saturated heterocycles. The third-order valence-electron chi connectivity index (χ3n) is 4.59. The Morgan fingerprint density at radius 3 is 2.65 bits per heavy atom. The van der Waals surface area contributed by atoms with Crippen LogP contribution in [0.25, 0.3) is 0 Å². The molecule has 2 unspecified atom stereocenters. The maximum absolute atomic E-state index is 13.1. The van der Waals surface area contributed by atoms with Gasteiger partial charge in [0.25, 0.3) is 0 Å². The normalized spacial score (nSPS) is 33.2. The molecule has 2 heterocycles. The van der Waals surface area contributed by atoms with E-state index in [1.807, 2.05) is 12.1 Å². The molecule has 2 fully saturated rings. The van der Waals surface area contributed by atoms with Crippen LogP contribution in [0, 0.1) is 17.1 Å². The fourth-order valence-electron chi connectivity index (χ4n) is 3.51. The van der Waals surface area contributed by atoms with Gasteiger partial charge in [0, 0.05) is 31.5 Å². The summed E-state index contributed by atoms with van der Waals surface area (Å²) in [5.74, 6) is -0.244. The Labute approximate surface area is 118 Å². The molecule has 2 atom stereocenters. The predicted molar refractivity (Wildman–Crippen MR) is 71.7 cm³/mol. The van der Waals surface area contributed by atoms with E-state index in [-0.39, 0.29) is 16.8 Å². The third-order valence-corrected chi connectivity index (χ3v) is 4.59. The van der Waals surface area contributed by atoms with Gasteiger partial charge in [0.2, 0.25) is 0 Å². The van der Waals surface area contributed by atoms with Crippen molar-refractivity contribution in [1.29, 1.82) is 5.26 Å². The van der Waals surface area contributed by atoms with E-state index in [0.29, 0.717) is 26.2 Å². The van der Waals surface area contributed by atoms with E-state index < -0.39 is 0 Å². The summed E-state index contributed by atoms with van der Waals surface area (Å²) >= 11 is 0. The van der Waals surface area contributed by atoms with Crippen molar-refractivity contribution in [3.05, 3.63) is 35.6 Å². The molecule has 20 heavy (non-hydrogen) atoms. The summed E-state index contributed by atoms with van der Waals surface area (Å²) in [6.45, 7) is 1.94.